The van der Waals surface area contributed by atoms with E-state index in [1.54, 1.807) is 0 Å². The summed E-state index contributed by atoms with van der Waals surface area (Å²) in [7, 11) is 0. The Bertz CT molecular complexity index is 189. The largest absolute Gasteiger partial charge is 0.393 e. The predicted molar refractivity (Wildman–Crippen MR) is 58.2 cm³/mol. The molecule has 2 aliphatic rings. The summed E-state index contributed by atoms with van der Waals surface area (Å²) in [5.41, 5.74) is 0.400. The van der Waals surface area contributed by atoms with Gasteiger partial charge in [0.15, 0.2) is 0 Å². The summed E-state index contributed by atoms with van der Waals surface area (Å²) in [6.45, 7) is 3.34. The number of nitrogens with one attached hydrogen (secondary N) is 1. The van der Waals surface area contributed by atoms with Crippen molar-refractivity contribution in [1.29, 1.82) is 0 Å². The van der Waals surface area contributed by atoms with Gasteiger partial charge in [0.2, 0.25) is 0 Å². The van der Waals surface area contributed by atoms with Crippen molar-refractivity contribution in [3.05, 3.63) is 0 Å². The predicted octanol–water partition coefficient (Wildman–Crippen LogP) is 2.07. The van der Waals surface area contributed by atoms with Gasteiger partial charge in [0.05, 0.1) is 6.10 Å². The van der Waals surface area contributed by atoms with Crippen molar-refractivity contribution < 1.29 is 5.11 Å². The first-order chi connectivity index (χ1) is 6.70. The molecule has 2 nitrogen and oxygen atoms in total. The summed E-state index contributed by atoms with van der Waals surface area (Å²) in [5, 5.41) is 13.5. The third-order valence-electron chi connectivity index (χ3n) is 4.12. The van der Waals surface area contributed by atoms with Crippen LogP contribution < -0.4 is 5.32 Å². The molecule has 0 amide bonds. The van der Waals surface area contributed by atoms with Crippen molar-refractivity contribution >= 4 is 0 Å². The maximum atomic E-state index is 9.82. The van der Waals surface area contributed by atoms with Crippen LogP contribution in [0.3, 0.4) is 0 Å². The molecule has 0 spiro atoms. The van der Waals surface area contributed by atoms with Gasteiger partial charge in [-0.3, -0.25) is 0 Å². The number of hydrogen-bond acceptors (Lipinski definition) is 2. The van der Waals surface area contributed by atoms with Crippen molar-refractivity contribution in [2.24, 2.45) is 5.92 Å². The van der Waals surface area contributed by atoms with E-state index >= 15 is 0 Å². The monoisotopic (exact) mass is 197 g/mol. The molecular formula is C12H23NO. The fraction of sp³-hybridized carbons (Fsp3) is 1.00. The first-order valence-electron chi connectivity index (χ1n) is 6.13. The second-order valence-corrected chi connectivity index (χ2v) is 5.41. The fourth-order valence-corrected chi connectivity index (χ4v) is 2.69. The van der Waals surface area contributed by atoms with Crippen LogP contribution in [0.15, 0.2) is 0 Å². The van der Waals surface area contributed by atoms with Gasteiger partial charge < -0.3 is 10.4 Å². The van der Waals surface area contributed by atoms with Crippen LogP contribution >= 0.6 is 0 Å². The molecule has 2 aliphatic carbocycles. The molecule has 82 valence electrons. The molecule has 0 heterocycles. The van der Waals surface area contributed by atoms with Gasteiger partial charge in [-0.2, -0.15) is 0 Å². The zero-order valence-electron chi connectivity index (χ0n) is 9.26. The van der Waals surface area contributed by atoms with Crippen molar-refractivity contribution in [3.8, 4) is 0 Å². The topological polar surface area (TPSA) is 32.3 Å². The standard InChI is InChI=1S/C12H23NO/c1-12(7-4-8-12)13-9-10-5-2-3-6-11(10)14/h10-11,13-14H,2-9H2,1H3. The Morgan fingerprint density at radius 3 is 2.50 bits per heavy atom. The summed E-state index contributed by atoms with van der Waals surface area (Å²) < 4.78 is 0. The molecule has 0 aromatic carbocycles. The van der Waals surface area contributed by atoms with Crippen LogP contribution in [0.4, 0.5) is 0 Å². The Kier molecular flexibility index (Phi) is 3.13. The Morgan fingerprint density at radius 2 is 1.93 bits per heavy atom. The van der Waals surface area contributed by atoms with Crippen LogP contribution in [-0.4, -0.2) is 23.3 Å². The van der Waals surface area contributed by atoms with E-state index in [4.69, 9.17) is 0 Å². The molecule has 2 saturated carbocycles. The van der Waals surface area contributed by atoms with Crippen LogP contribution in [0.25, 0.3) is 0 Å². The second-order valence-electron chi connectivity index (χ2n) is 5.41. The summed E-state index contributed by atoms with van der Waals surface area (Å²) >= 11 is 0. The van der Waals surface area contributed by atoms with Gasteiger partial charge in [-0.05, 0) is 44.9 Å². The van der Waals surface area contributed by atoms with Crippen molar-refractivity contribution in [2.45, 2.75) is 63.5 Å². The average Bonchev–Trinajstić information content (AvgIpc) is 2.14. The quantitative estimate of drug-likeness (QED) is 0.726. The van der Waals surface area contributed by atoms with Gasteiger partial charge >= 0.3 is 0 Å². The number of aliphatic hydroxyl groups is 1. The van der Waals surface area contributed by atoms with Crippen LogP contribution in [0.2, 0.25) is 0 Å². The molecular weight excluding hydrogens is 174 g/mol. The van der Waals surface area contributed by atoms with Gasteiger partial charge in [-0.25, -0.2) is 0 Å². The van der Waals surface area contributed by atoms with Crippen molar-refractivity contribution in [2.75, 3.05) is 6.54 Å². The maximum absolute atomic E-state index is 9.82. The van der Waals surface area contributed by atoms with Gasteiger partial charge in [0.1, 0.15) is 0 Å². The minimum absolute atomic E-state index is 0.0417. The van der Waals surface area contributed by atoms with E-state index in [1.807, 2.05) is 0 Å². The molecule has 0 bridgehead atoms. The fourth-order valence-electron chi connectivity index (χ4n) is 2.69. The lowest BCUT2D eigenvalue weighted by molar-refractivity contribution is 0.0598. The highest BCUT2D eigenvalue weighted by Gasteiger charge is 2.32. The Hall–Kier alpha value is -0.0800. The molecule has 2 atom stereocenters. The molecule has 2 N–H and O–H groups in total. The maximum Gasteiger partial charge on any atom is 0.0580 e. The molecule has 0 aliphatic heterocycles. The van der Waals surface area contributed by atoms with E-state index < -0.39 is 0 Å². The second kappa shape index (κ2) is 4.19. The zero-order chi connectivity index (χ0) is 10.0. The van der Waals surface area contributed by atoms with E-state index in [0.717, 1.165) is 13.0 Å². The lowest BCUT2D eigenvalue weighted by atomic mass is 9.77. The lowest BCUT2D eigenvalue weighted by Crippen LogP contribution is -2.51. The third kappa shape index (κ3) is 2.29. The number of rotatable bonds is 3. The molecule has 0 aromatic heterocycles. The van der Waals surface area contributed by atoms with Crippen LogP contribution in [0, 0.1) is 5.92 Å². The Labute approximate surface area is 87.1 Å². The molecule has 2 rings (SSSR count). The summed E-state index contributed by atoms with van der Waals surface area (Å²) in [5.74, 6) is 0.515. The molecule has 0 saturated heterocycles. The lowest BCUT2D eigenvalue weighted by Gasteiger charge is -2.41. The molecule has 0 aromatic rings. The van der Waals surface area contributed by atoms with Gasteiger partial charge in [0.25, 0.3) is 0 Å². The molecule has 0 radical (unpaired) electrons. The van der Waals surface area contributed by atoms with Gasteiger partial charge in [-0.1, -0.05) is 12.8 Å². The molecule has 2 fully saturated rings. The van der Waals surface area contributed by atoms with E-state index in [1.165, 1.54) is 38.5 Å². The SMILES string of the molecule is CC1(NCC2CCCCC2O)CCC1. The normalized spacial score (nSPS) is 36.4. The van der Waals surface area contributed by atoms with E-state index in [2.05, 4.69) is 12.2 Å². The third-order valence-corrected chi connectivity index (χ3v) is 4.12. The first-order valence-corrected chi connectivity index (χ1v) is 6.13. The van der Waals surface area contributed by atoms with Gasteiger partial charge in [0, 0.05) is 12.1 Å². The Morgan fingerprint density at radius 1 is 1.21 bits per heavy atom. The highest BCUT2D eigenvalue weighted by atomic mass is 16.3. The smallest absolute Gasteiger partial charge is 0.0580 e. The van der Waals surface area contributed by atoms with E-state index in [-0.39, 0.29) is 6.10 Å². The zero-order valence-corrected chi connectivity index (χ0v) is 9.26. The molecule has 2 heteroatoms. The van der Waals surface area contributed by atoms with Crippen LogP contribution in [-0.2, 0) is 0 Å². The minimum Gasteiger partial charge on any atom is -0.393 e. The van der Waals surface area contributed by atoms with Gasteiger partial charge in [-0.15, -0.1) is 0 Å². The number of aliphatic hydroxyl groups excluding tert-OH is 1. The first kappa shape index (κ1) is 10.4. The van der Waals surface area contributed by atoms with Crippen LogP contribution in [0.1, 0.15) is 51.9 Å². The highest BCUT2D eigenvalue weighted by Crippen LogP contribution is 2.32. The van der Waals surface area contributed by atoms with E-state index in [0.29, 0.717) is 11.5 Å². The summed E-state index contributed by atoms with van der Waals surface area (Å²) in [4.78, 5) is 0. The van der Waals surface area contributed by atoms with E-state index in [9.17, 15) is 5.11 Å². The number of hydrogen-bond donors (Lipinski definition) is 2. The van der Waals surface area contributed by atoms with Crippen LogP contribution in [0.5, 0.6) is 0 Å². The Balaban J connectivity index is 1.73. The minimum atomic E-state index is -0.0417. The molecule has 14 heavy (non-hydrogen) atoms. The summed E-state index contributed by atoms with van der Waals surface area (Å²) in [6.07, 6.45) is 8.71. The molecule has 2 unspecified atom stereocenters. The highest BCUT2D eigenvalue weighted by molar-refractivity contribution is 4.92. The van der Waals surface area contributed by atoms with Crippen molar-refractivity contribution in [3.63, 3.8) is 0 Å². The van der Waals surface area contributed by atoms with Crippen molar-refractivity contribution in [1.82, 2.24) is 5.32 Å². The average molecular weight is 197 g/mol. The summed E-state index contributed by atoms with van der Waals surface area (Å²) in [6, 6.07) is 0.